The number of anilines is 3. The first-order valence-corrected chi connectivity index (χ1v) is 19.1. The minimum Gasteiger partial charge on any atom is -0.492 e. The lowest BCUT2D eigenvalue weighted by molar-refractivity contribution is -0.112. The highest BCUT2D eigenvalue weighted by Crippen LogP contribution is 2.44. The Kier molecular flexibility index (Phi) is 9.24. The molecule has 1 unspecified atom stereocenters. The lowest BCUT2D eigenvalue weighted by Crippen LogP contribution is -2.55. The maximum absolute atomic E-state index is 16.0. The van der Waals surface area contributed by atoms with E-state index in [9.17, 15) is 32.3 Å². The number of hydrogen-bond donors (Lipinski definition) is 2. The number of aromatic carboxylic acids is 1. The van der Waals surface area contributed by atoms with Crippen molar-refractivity contribution >= 4 is 61.5 Å². The molecule has 2 N–H and O–H groups in total. The number of methoxy groups -OCH3 is 1. The summed E-state index contributed by atoms with van der Waals surface area (Å²) in [5, 5.41) is 9.60. The van der Waals surface area contributed by atoms with Crippen LogP contribution in [0.4, 0.5) is 31.8 Å². The Bertz CT molecular complexity index is 2620. The zero-order chi connectivity index (χ0) is 39.5. The van der Waals surface area contributed by atoms with Crippen LogP contribution in [-0.4, -0.2) is 90.0 Å². The van der Waals surface area contributed by atoms with Gasteiger partial charge in [0.05, 0.1) is 41.0 Å². The van der Waals surface area contributed by atoms with Crippen LogP contribution in [0.3, 0.4) is 0 Å². The number of halogens is 2. The summed E-state index contributed by atoms with van der Waals surface area (Å²) in [7, 11) is -2.63. The number of carboxylic acids is 1. The van der Waals surface area contributed by atoms with Crippen molar-refractivity contribution in [1.82, 2.24) is 19.4 Å². The second-order valence-electron chi connectivity index (χ2n) is 13.7. The molecule has 4 heterocycles. The van der Waals surface area contributed by atoms with Gasteiger partial charge in [-0.05, 0) is 74.4 Å². The molecule has 0 spiro atoms. The Balaban J connectivity index is 1.04. The van der Waals surface area contributed by atoms with E-state index < -0.39 is 44.5 Å². The number of carbonyl (C=O) groups excluding carboxylic acids is 1. The normalized spacial score (nSPS) is 18.1. The number of nitrogens with one attached hydrogen (secondary N) is 1. The van der Waals surface area contributed by atoms with E-state index in [2.05, 4.69) is 19.7 Å². The SMILES string of the molecule is COc1c(N2CCN(CN3C(=O)C(=Nc4ccc(S(=O)(=O)Nc5ncccn5)cc4)c4cc(F)ccc43)C(C)C2)c(F)cc2c(=O)c(C(=O)O)cn(C3CC3)c12. The van der Waals surface area contributed by atoms with E-state index in [1.54, 1.807) is 10.6 Å². The molecule has 1 saturated heterocycles. The number of amides is 1. The first-order valence-electron chi connectivity index (χ1n) is 17.6. The maximum Gasteiger partial charge on any atom is 0.341 e. The molecule has 8 rings (SSSR count). The number of nitrogens with zero attached hydrogens (tertiary/aromatic N) is 7. The predicted molar refractivity (Wildman–Crippen MR) is 203 cm³/mol. The number of piperazine rings is 1. The number of hydrogen-bond acceptors (Lipinski definition) is 11. The molecule has 15 nitrogen and oxygen atoms in total. The number of sulfonamides is 1. The molecule has 3 aromatic carbocycles. The highest BCUT2D eigenvalue weighted by Gasteiger charge is 2.38. The summed E-state index contributed by atoms with van der Waals surface area (Å²) >= 11 is 0. The fourth-order valence-corrected chi connectivity index (χ4v) is 8.17. The molecule has 0 bridgehead atoms. The van der Waals surface area contributed by atoms with Crippen LogP contribution in [0.15, 0.2) is 87.9 Å². The van der Waals surface area contributed by atoms with Crippen LogP contribution in [0.25, 0.3) is 10.9 Å². The van der Waals surface area contributed by atoms with Gasteiger partial charge < -0.3 is 19.3 Å². The minimum atomic E-state index is -4.02. The van der Waals surface area contributed by atoms with Gasteiger partial charge in [0.25, 0.3) is 15.9 Å². The zero-order valence-corrected chi connectivity index (χ0v) is 30.8. The smallest absolute Gasteiger partial charge is 0.341 e. The van der Waals surface area contributed by atoms with Crippen LogP contribution in [0, 0.1) is 11.6 Å². The van der Waals surface area contributed by atoms with Crippen LogP contribution >= 0.6 is 0 Å². The molecular weight excluding hydrogens is 751 g/mol. The number of aliphatic imine (C=N–C) groups is 1. The summed E-state index contributed by atoms with van der Waals surface area (Å²) in [6.45, 7) is 3.02. The largest absolute Gasteiger partial charge is 0.492 e. The van der Waals surface area contributed by atoms with Crippen LogP contribution < -0.4 is 24.7 Å². The van der Waals surface area contributed by atoms with Crippen molar-refractivity contribution < 1.29 is 36.6 Å². The highest BCUT2D eigenvalue weighted by molar-refractivity contribution is 7.92. The number of ether oxygens (including phenoxy) is 1. The first-order chi connectivity index (χ1) is 26.8. The number of carboxylic acid groups (broad SMARTS) is 1. The molecule has 1 aliphatic carbocycles. The van der Waals surface area contributed by atoms with Gasteiger partial charge in [0, 0.05) is 55.9 Å². The highest BCUT2D eigenvalue weighted by atomic mass is 32.2. The Labute approximate surface area is 318 Å². The molecule has 0 radical (unpaired) electrons. The fraction of sp³-hybridized carbons (Fsp3) is 0.263. The van der Waals surface area contributed by atoms with Crippen molar-refractivity contribution in [3.8, 4) is 5.75 Å². The molecule has 56 heavy (non-hydrogen) atoms. The van der Waals surface area contributed by atoms with E-state index in [4.69, 9.17) is 4.74 Å². The van der Waals surface area contributed by atoms with Crippen molar-refractivity contribution in [2.24, 2.45) is 4.99 Å². The van der Waals surface area contributed by atoms with E-state index in [1.807, 2.05) is 16.7 Å². The molecule has 288 valence electrons. The lowest BCUT2D eigenvalue weighted by Gasteiger charge is -2.42. The number of pyridine rings is 1. The summed E-state index contributed by atoms with van der Waals surface area (Å²) < 4.78 is 66.1. The van der Waals surface area contributed by atoms with Gasteiger partial charge in [0.2, 0.25) is 11.4 Å². The van der Waals surface area contributed by atoms with E-state index >= 15 is 4.39 Å². The van der Waals surface area contributed by atoms with Crippen molar-refractivity contribution in [3.63, 3.8) is 0 Å². The van der Waals surface area contributed by atoms with Crippen LogP contribution in [0.2, 0.25) is 0 Å². The molecule has 1 saturated carbocycles. The average molecular weight is 785 g/mol. The topological polar surface area (TPSA) is 180 Å². The summed E-state index contributed by atoms with van der Waals surface area (Å²) in [5.74, 6) is -3.13. The molecule has 2 aromatic heterocycles. The van der Waals surface area contributed by atoms with Crippen molar-refractivity contribution in [2.75, 3.05) is 47.9 Å². The lowest BCUT2D eigenvalue weighted by atomic mass is 10.1. The first kappa shape index (κ1) is 36.7. The third-order valence-corrected chi connectivity index (χ3v) is 11.5. The monoisotopic (exact) mass is 784 g/mol. The molecule has 5 aromatic rings. The van der Waals surface area contributed by atoms with Gasteiger partial charge in [-0.1, -0.05) is 0 Å². The minimum absolute atomic E-state index is 0.0204. The molecule has 1 atom stereocenters. The molecular formula is C38H34F2N8O7S. The number of rotatable bonds is 10. The van der Waals surface area contributed by atoms with Crippen LogP contribution in [0.5, 0.6) is 5.75 Å². The number of aromatic nitrogens is 3. The number of fused-ring (bicyclic) bond motifs is 2. The third-order valence-electron chi connectivity index (χ3n) is 10.1. The van der Waals surface area contributed by atoms with Crippen molar-refractivity contribution in [2.45, 2.75) is 36.7 Å². The Hall–Kier alpha value is -6.27. The Morgan fingerprint density at radius 2 is 1.79 bits per heavy atom. The molecule has 18 heteroatoms. The maximum atomic E-state index is 16.0. The molecule has 2 aliphatic heterocycles. The third kappa shape index (κ3) is 6.59. The van der Waals surface area contributed by atoms with Crippen molar-refractivity contribution in [3.05, 3.63) is 106 Å². The van der Waals surface area contributed by atoms with Crippen LogP contribution in [-0.2, 0) is 14.8 Å². The second-order valence-corrected chi connectivity index (χ2v) is 15.4. The predicted octanol–water partition coefficient (Wildman–Crippen LogP) is 4.55. The van der Waals surface area contributed by atoms with Gasteiger partial charge in [-0.3, -0.25) is 19.4 Å². The molecule has 3 aliphatic rings. The summed E-state index contributed by atoms with van der Waals surface area (Å²) in [6.07, 6.45) is 5.66. The van der Waals surface area contributed by atoms with Gasteiger partial charge in [-0.2, -0.15) is 0 Å². The fourth-order valence-electron chi connectivity index (χ4n) is 7.21. The Morgan fingerprint density at radius 3 is 2.45 bits per heavy atom. The summed E-state index contributed by atoms with van der Waals surface area (Å²) in [4.78, 5) is 56.6. The Morgan fingerprint density at radius 1 is 1.05 bits per heavy atom. The van der Waals surface area contributed by atoms with Crippen LogP contribution in [0.1, 0.15) is 41.7 Å². The summed E-state index contributed by atoms with van der Waals surface area (Å²) in [6, 6.07) is 11.8. The number of carbonyl (C=O) groups is 2. The van der Waals surface area contributed by atoms with E-state index in [1.165, 1.54) is 73.1 Å². The second kappa shape index (κ2) is 14.1. The molecule has 1 amide bonds. The number of benzene rings is 3. The van der Waals surface area contributed by atoms with E-state index in [0.29, 0.717) is 30.8 Å². The average Bonchev–Trinajstić information content (AvgIpc) is 3.99. The standard InChI is InChI=1S/C38H34F2N8O7S/c1-21-18-45(33-29(40)17-27-32(35(33)55-2)47(24-7-8-24)19-28(34(27)49)37(51)52)14-15-46(21)20-48-30-11-4-22(39)16-26(30)31(36(48)50)43-23-5-9-25(10-6-23)56(53,54)44-38-41-12-3-13-42-38/h3-6,9-13,16-17,19,21,24H,7-8,14-15,18,20H2,1-2H3,(H,51,52)(H,41,42,44). The van der Waals surface area contributed by atoms with Gasteiger partial charge in [0.1, 0.15) is 22.8 Å². The quantitative estimate of drug-likeness (QED) is 0.203. The van der Waals surface area contributed by atoms with Gasteiger partial charge in [0.15, 0.2) is 11.6 Å². The zero-order valence-electron chi connectivity index (χ0n) is 30.0. The van der Waals surface area contributed by atoms with Gasteiger partial charge >= 0.3 is 5.97 Å². The van der Waals surface area contributed by atoms with E-state index in [-0.39, 0.29) is 63.4 Å². The van der Waals surface area contributed by atoms with Crippen molar-refractivity contribution in [1.29, 1.82) is 0 Å². The van der Waals surface area contributed by atoms with Gasteiger partial charge in [-0.15, -0.1) is 0 Å². The summed E-state index contributed by atoms with van der Waals surface area (Å²) in [5.41, 5.74) is 0.220. The van der Waals surface area contributed by atoms with Gasteiger partial charge in [-0.25, -0.2) is 41.7 Å². The molecule has 2 fully saturated rings. The van der Waals surface area contributed by atoms with E-state index in [0.717, 1.165) is 18.9 Å².